The average Bonchev–Trinajstić information content (AvgIpc) is 2.64. The Labute approximate surface area is 93.4 Å². The highest BCUT2D eigenvalue weighted by atomic mass is 16.5. The van der Waals surface area contributed by atoms with Crippen molar-refractivity contribution in [3.05, 3.63) is 24.4 Å². The minimum Gasteiger partial charge on any atom is -0.393 e. The lowest BCUT2D eigenvalue weighted by Gasteiger charge is -2.34. The predicted molar refractivity (Wildman–Crippen MR) is 57.0 cm³/mol. The van der Waals surface area contributed by atoms with Gasteiger partial charge >= 0.3 is 6.03 Å². The number of amides is 2. The largest absolute Gasteiger partial charge is 0.393 e. The fourth-order valence-corrected chi connectivity index (χ4v) is 1.59. The van der Waals surface area contributed by atoms with Gasteiger partial charge in [0, 0.05) is 6.20 Å². The Balaban J connectivity index is 2.07. The maximum atomic E-state index is 11.7. The van der Waals surface area contributed by atoms with Crippen LogP contribution in [0.15, 0.2) is 24.4 Å². The monoisotopic (exact) mass is 225 g/mol. The zero-order valence-corrected chi connectivity index (χ0v) is 8.96. The van der Waals surface area contributed by atoms with Crippen LogP contribution in [0.2, 0.25) is 0 Å². The number of aliphatic hydroxyl groups excluding tert-OH is 1. The van der Waals surface area contributed by atoms with Crippen molar-refractivity contribution in [2.24, 2.45) is 5.73 Å². The van der Waals surface area contributed by atoms with Gasteiger partial charge in [0.25, 0.3) is 0 Å². The minimum absolute atomic E-state index is 0.0965. The number of carbonyl (C=O) groups is 1. The van der Waals surface area contributed by atoms with E-state index in [9.17, 15) is 4.79 Å². The van der Waals surface area contributed by atoms with Crippen LogP contribution in [0.4, 0.5) is 4.79 Å². The Morgan fingerprint density at radius 1 is 1.69 bits per heavy atom. The lowest BCUT2D eigenvalue weighted by Crippen LogP contribution is -2.59. The highest BCUT2D eigenvalue weighted by Crippen LogP contribution is 2.18. The highest BCUT2D eigenvalue weighted by molar-refractivity contribution is 5.78. The maximum absolute atomic E-state index is 11.7. The molecule has 0 aromatic rings. The molecule has 6 heteroatoms. The summed E-state index contributed by atoms with van der Waals surface area (Å²) in [6.45, 7) is 1.60. The van der Waals surface area contributed by atoms with Crippen LogP contribution in [-0.4, -0.2) is 40.6 Å². The molecule has 0 spiro atoms. The number of hydrogen-bond donors (Lipinski definition) is 3. The number of nitrogens with two attached hydrogens (primary N) is 1. The van der Waals surface area contributed by atoms with Crippen LogP contribution in [0.5, 0.6) is 0 Å². The van der Waals surface area contributed by atoms with E-state index in [4.69, 9.17) is 15.6 Å². The smallest absolute Gasteiger partial charge is 0.325 e. The molecular weight excluding hydrogens is 210 g/mol. The Hall–Kier alpha value is -1.37. The first-order valence-electron chi connectivity index (χ1n) is 5.05. The van der Waals surface area contributed by atoms with Crippen LogP contribution < -0.4 is 11.1 Å². The van der Waals surface area contributed by atoms with Crippen molar-refractivity contribution >= 4 is 6.03 Å². The molecule has 0 radical (unpaired) electrons. The van der Waals surface area contributed by atoms with Gasteiger partial charge in [0.2, 0.25) is 0 Å². The summed E-state index contributed by atoms with van der Waals surface area (Å²) in [6, 6.07) is -0.319. The van der Waals surface area contributed by atoms with E-state index in [1.54, 1.807) is 31.4 Å². The van der Waals surface area contributed by atoms with Crippen LogP contribution in [0.3, 0.4) is 0 Å². The van der Waals surface area contributed by atoms with E-state index < -0.39 is 11.9 Å². The molecule has 1 unspecified atom stereocenters. The van der Waals surface area contributed by atoms with Crippen LogP contribution in [0.25, 0.3) is 0 Å². The lowest BCUT2D eigenvalue weighted by atomic mass is 10.2. The second kappa shape index (κ2) is 3.89. The molecule has 0 aromatic carbocycles. The van der Waals surface area contributed by atoms with Gasteiger partial charge in [0.05, 0.1) is 6.61 Å². The topological polar surface area (TPSA) is 87.8 Å². The second-order valence-corrected chi connectivity index (χ2v) is 4.07. The summed E-state index contributed by atoms with van der Waals surface area (Å²) in [5.41, 5.74) is 4.91. The fraction of sp³-hybridized carbons (Fsp3) is 0.500. The second-order valence-electron chi connectivity index (χ2n) is 4.07. The third kappa shape index (κ3) is 2.08. The summed E-state index contributed by atoms with van der Waals surface area (Å²) in [4.78, 5) is 13.1. The van der Waals surface area contributed by atoms with Gasteiger partial charge in [-0.05, 0) is 19.1 Å². The molecule has 0 saturated carbocycles. The number of ether oxygens (including phenoxy) is 1. The summed E-state index contributed by atoms with van der Waals surface area (Å²) in [5.74, 6) is 0. The molecule has 4 N–H and O–H groups in total. The van der Waals surface area contributed by atoms with Crippen LogP contribution in [-0.2, 0) is 4.74 Å². The van der Waals surface area contributed by atoms with E-state index in [2.05, 4.69) is 5.32 Å². The first kappa shape index (κ1) is 11.1. The van der Waals surface area contributed by atoms with Crippen molar-refractivity contribution in [2.45, 2.75) is 24.9 Å². The van der Waals surface area contributed by atoms with Gasteiger partial charge in [-0.2, -0.15) is 0 Å². The van der Waals surface area contributed by atoms with E-state index in [1.807, 2.05) is 0 Å². The van der Waals surface area contributed by atoms with Gasteiger partial charge in [-0.25, -0.2) is 4.79 Å². The molecule has 0 aromatic heterocycles. The number of nitrogens with one attached hydrogen (secondary N) is 1. The molecule has 6 nitrogen and oxygen atoms in total. The number of hydrogen-bond acceptors (Lipinski definition) is 4. The Morgan fingerprint density at radius 2 is 2.44 bits per heavy atom. The van der Waals surface area contributed by atoms with Crippen molar-refractivity contribution in [1.82, 2.24) is 10.2 Å². The molecule has 3 atom stereocenters. The SMILES string of the molecule is CC1(N)C=CN([C@H]2C=C[C@@H](CO)O2)C(=O)N1. The summed E-state index contributed by atoms with van der Waals surface area (Å²) in [6.07, 6.45) is 5.89. The van der Waals surface area contributed by atoms with Crippen molar-refractivity contribution in [3.63, 3.8) is 0 Å². The molecule has 2 aliphatic heterocycles. The quantitative estimate of drug-likeness (QED) is 0.551. The first-order valence-corrected chi connectivity index (χ1v) is 5.05. The zero-order valence-electron chi connectivity index (χ0n) is 8.96. The third-order valence-electron chi connectivity index (χ3n) is 2.45. The summed E-state index contributed by atoms with van der Waals surface area (Å²) in [7, 11) is 0. The van der Waals surface area contributed by atoms with Crippen LogP contribution >= 0.6 is 0 Å². The molecule has 0 aliphatic carbocycles. The third-order valence-corrected chi connectivity index (χ3v) is 2.45. The standard InChI is InChI=1S/C10H15N3O3/c1-10(11)4-5-13(9(15)12-10)8-3-2-7(6-14)16-8/h2-5,7-8,14H,6,11H2,1H3,(H,12,15)/t7-,8+,10?/m0/s1. The van der Waals surface area contributed by atoms with Gasteiger partial charge in [-0.1, -0.05) is 6.08 Å². The normalized spacial score (nSPS) is 37.9. The number of aliphatic hydroxyl groups is 1. The summed E-state index contributed by atoms with van der Waals surface area (Å²) >= 11 is 0. The van der Waals surface area contributed by atoms with E-state index in [0.717, 1.165) is 0 Å². The Morgan fingerprint density at radius 3 is 3.00 bits per heavy atom. The molecule has 2 aliphatic rings. The van der Waals surface area contributed by atoms with E-state index in [0.29, 0.717) is 0 Å². The lowest BCUT2D eigenvalue weighted by molar-refractivity contribution is -0.0246. The summed E-state index contributed by atoms with van der Waals surface area (Å²) in [5, 5.41) is 11.5. The number of rotatable bonds is 2. The molecule has 0 fully saturated rings. The molecule has 16 heavy (non-hydrogen) atoms. The van der Waals surface area contributed by atoms with Gasteiger partial charge in [0.15, 0.2) is 6.23 Å². The number of nitrogens with zero attached hydrogens (tertiary/aromatic N) is 1. The van der Waals surface area contributed by atoms with Crippen molar-refractivity contribution in [1.29, 1.82) is 0 Å². The number of urea groups is 1. The van der Waals surface area contributed by atoms with E-state index in [1.165, 1.54) is 4.90 Å². The average molecular weight is 225 g/mol. The number of carbonyl (C=O) groups excluding carboxylic acids is 1. The fourth-order valence-electron chi connectivity index (χ4n) is 1.59. The van der Waals surface area contributed by atoms with Gasteiger partial charge in [-0.15, -0.1) is 0 Å². The van der Waals surface area contributed by atoms with E-state index in [-0.39, 0.29) is 18.7 Å². The van der Waals surface area contributed by atoms with Crippen molar-refractivity contribution < 1.29 is 14.6 Å². The van der Waals surface area contributed by atoms with Crippen molar-refractivity contribution in [3.8, 4) is 0 Å². The molecule has 2 heterocycles. The Bertz CT molecular complexity index is 351. The first-order chi connectivity index (χ1) is 7.52. The molecule has 0 bridgehead atoms. The minimum atomic E-state index is -0.827. The van der Waals surface area contributed by atoms with Gasteiger partial charge in [-0.3, -0.25) is 4.90 Å². The molecule has 2 rings (SSSR count). The highest BCUT2D eigenvalue weighted by Gasteiger charge is 2.32. The van der Waals surface area contributed by atoms with Crippen LogP contribution in [0.1, 0.15) is 6.92 Å². The van der Waals surface area contributed by atoms with Gasteiger partial charge in [0.1, 0.15) is 11.8 Å². The van der Waals surface area contributed by atoms with Gasteiger partial charge < -0.3 is 20.9 Å². The molecule has 2 amide bonds. The van der Waals surface area contributed by atoms with E-state index >= 15 is 0 Å². The zero-order chi connectivity index (χ0) is 11.8. The maximum Gasteiger partial charge on any atom is 0.325 e. The molecular formula is C10H15N3O3. The Kier molecular flexibility index (Phi) is 2.71. The molecule has 0 saturated heterocycles. The molecule has 88 valence electrons. The van der Waals surface area contributed by atoms with Crippen molar-refractivity contribution in [2.75, 3.05) is 6.61 Å². The summed E-state index contributed by atoms with van der Waals surface area (Å²) < 4.78 is 5.40. The predicted octanol–water partition coefficient (Wildman–Crippen LogP) is -0.526. The van der Waals surface area contributed by atoms with Crippen LogP contribution in [0, 0.1) is 0 Å².